The van der Waals surface area contributed by atoms with E-state index in [-0.39, 0.29) is 0 Å². The molecule has 1 saturated heterocycles. The van der Waals surface area contributed by atoms with E-state index in [0.717, 1.165) is 29.2 Å². The Labute approximate surface area is 121 Å². The van der Waals surface area contributed by atoms with E-state index in [4.69, 9.17) is 0 Å². The highest BCUT2D eigenvalue weighted by molar-refractivity contribution is 9.10. The van der Waals surface area contributed by atoms with Gasteiger partial charge in [-0.2, -0.15) is 0 Å². The van der Waals surface area contributed by atoms with Crippen LogP contribution in [0.3, 0.4) is 0 Å². The molecule has 3 heterocycles. The summed E-state index contributed by atoms with van der Waals surface area (Å²) in [6, 6.07) is 1.03. The molecule has 3 rings (SSSR count). The van der Waals surface area contributed by atoms with E-state index in [2.05, 4.69) is 56.6 Å². The molecule has 102 valence electrons. The third kappa shape index (κ3) is 2.23. The molecule has 0 radical (unpaired) electrons. The van der Waals surface area contributed by atoms with Gasteiger partial charge < -0.3 is 9.30 Å². The maximum atomic E-state index is 4.63. The minimum Gasteiger partial charge on any atom is -0.350 e. The number of imidazole rings is 1. The van der Waals surface area contributed by atoms with Crippen molar-refractivity contribution in [3.63, 3.8) is 0 Å². The molecule has 0 aromatic carbocycles. The molecule has 2 aromatic rings. The summed E-state index contributed by atoms with van der Waals surface area (Å²) in [4.78, 5) is 13.8. The first kappa shape index (κ1) is 12.9. The highest BCUT2D eigenvalue weighted by Crippen LogP contribution is 2.25. The number of hydrogen-bond donors (Lipinski definition) is 0. The largest absolute Gasteiger partial charge is 0.350 e. The van der Waals surface area contributed by atoms with Gasteiger partial charge >= 0.3 is 0 Å². The summed E-state index contributed by atoms with van der Waals surface area (Å²) in [6.45, 7) is 6.46. The second kappa shape index (κ2) is 4.76. The van der Waals surface area contributed by atoms with Crippen molar-refractivity contribution in [3.8, 4) is 0 Å². The van der Waals surface area contributed by atoms with Crippen LogP contribution < -0.4 is 4.90 Å². The molecule has 2 aromatic heterocycles. The van der Waals surface area contributed by atoms with Crippen LogP contribution in [0, 0.1) is 0 Å². The number of hydrogen-bond acceptors (Lipinski definition) is 4. The van der Waals surface area contributed by atoms with E-state index in [1.165, 1.54) is 0 Å². The van der Waals surface area contributed by atoms with Crippen molar-refractivity contribution >= 4 is 27.4 Å². The van der Waals surface area contributed by atoms with Gasteiger partial charge in [0.15, 0.2) is 11.5 Å². The van der Waals surface area contributed by atoms with Crippen LogP contribution in [0.15, 0.2) is 23.2 Å². The van der Waals surface area contributed by atoms with Gasteiger partial charge in [0.2, 0.25) is 0 Å². The number of nitrogens with zero attached hydrogens (tertiary/aromatic N) is 5. The van der Waals surface area contributed by atoms with Crippen molar-refractivity contribution in [1.29, 1.82) is 0 Å². The molecule has 0 spiro atoms. The summed E-state index contributed by atoms with van der Waals surface area (Å²) >= 11 is 3.48. The fraction of sp³-hybridized carbons (Fsp3) is 0.538. The van der Waals surface area contributed by atoms with Crippen molar-refractivity contribution in [2.75, 3.05) is 25.0 Å². The molecule has 6 heteroatoms. The molecule has 1 aliphatic rings. The van der Waals surface area contributed by atoms with Crippen LogP contribution in [0.4, 0.5) is 5.82 Å². The van der Waals surface area contributed by atoms with Gasteiger partial charge in [0.1, 0.15) is 4.60 Å². The fourth-order valence-corrected chi connectivity index (χ4v) is 3.06. The molecule has 5 nitrogen and oxygen atoms in total. The fourth-order valence-electron chi connectivity index (χ4n) is 2.67. The molecule has 0 aliphatic carbocycles. The van der Waals surface area contributed by atoms with E-state index in [1.54, 1.807) is 0 Å². The SMILES string of the molecule is CC1CN(c2nc(Br)cn3ccnc23)CC(C)N1C. The topological polar surface area (TPSA) is 36.7 Å². The maximum Gasteiger partial charge on any atom is 0.180 e. The average Bonchev–Trinajstić information content (AvgIpc) is 2.82. The van der Waals surface area contributed by atoms with E-state index in [9.17, 15) is 0 Å². The zero-order chi connectivity index (χ0) is 13.6. The molecule has 0 amide bonds. The van der Waals surface area contributed by atoms with Crippen LogP contribution in [0.2, 0.25) is 0 Å². The first-order chi connectivity index (χ1) is 9.06. The van der Waals surface area contributed by atoms with E-state index < -0.39 is 0 Å². The monoisotopic (exact) mass is 323 g/mol. The van der Waals surface area contributed by atoms with Gasteiger partial charge in [-0.1, -0.05) is 0 Å². The molecule has 1 fully saturated rings. The van der Waals surface area contributed by atoms with E-state index in [0.29, 0.717) is 12.1 Å². The smallest absolute Gasteiger partial charge is 0.180 e. The zero-order valence-electron chi connectivity index (χ0n) is 11.4. The molecule has 0 N–H and O–H groups in total. The lowest BCUT2D eigenvalue weighted by molar-refractivity contribution is 0.169. The highest BCUT2D eigenvalue weighted by atomic mass is 79.9. The molecular formula is C13H18BrN5. The Bertz CT molecular complexity index is 584. The molecule has 0 bridgehead atoms. The third-order valence-corrected chi connectivity index (χ3v) is 4.37. The number of aromatic nitrogens is 3. The van der Waals surface area contributed by atoms with Crippen molar-refractivity contribution in [2.45, 2.75) is 25.9 Å². The first-order valence-electron chi connectivity index (χ1n) is 6.52. The Morgan fingerprint density at radius 3 is 2.63 bits per heavy atom. The van der Waals surface area contributed by atoms with Crippen molar-refractivity contribution in [1.82, 2.24) is 19.3 Å². The minimum atomic E-state index is 0.513. The van der Waals surface area contributed by atoms with Crippen molar-refractivity contribution < 1.29 is 0 Å². The van der Waals surface area contributed by atoms with Crippen molar-refractivity contribution in [3.05, 3.63) is 23.2 Å². The number of fused-ring (bicyclic) bond motifs is 1. The number of halogens is 1. The number of likely N-dealkylation sites (N-methyl/N-ethyl adjacent to an activating group) is 1. The van der Waals surface area contributed by atoms with Gasteiger partial charge in [-0.15, -0.1) is 0 Å². The standard InChI is InChI=1S/C13H18BrN5/c1-9-6-19(7-10(2)17(9)3)13-12-15-4-5-18(12)8-11(14)16-13/h4-5,8-10H,6-7H2,1-3H3. The predicted molar refractivity (Wildman–Crippen MR) is 79.6 cm³/mol. The second-order valence-corrected chi connectivity index (χ2v) is 6.13. The molecule has 0 saturated carbocycles. The van der Waals surface area contributed by atoms with Gasteiger partial charge in [-0.25, -0.2) is 9.97 Å². The lowest BCUT2D eigenvalue weighted by Gasteiger charge is -2.42. The van der Waals surface area contributed by atoms with Gasteiger partial charge in [-0.05, 0) is 36.8 Å². The predicted octanol–water partition coefficient (Wildman–Crippen LogP) is 2.02. The van der Waals surface area contributed by atoms with Crippen LogP contribution >= 0.6 is 15.9 Å². The Kier molecular flexibility index (Phi) is 3.22. The Morgan fingerprint density at radius 2 is 1.95 bits per heavy atom. The number of anilines is 1. The minimum absolute atomic E-state index is 0.513. The summed E-state index contributed by atoms with van der Waals surface area (Å²) in [7, 11) is 2.19. The lowest BCUT2D eigenvalue weighted by atomic mass is 10.1. The Balaban J connectivity index is 2.02. The summed E-state index contributed by atoms with van der Waals surface area (Å²) < 4.78 is 2.85. The van der Waals surface area contributed by atoms with Gasteiger partial charge in [-0.3, -0.25) is 4.90 Å². The normalized spacial score (nSPS) is 25.2. The van der Waals surface area contributed by atoms with E-state index in [1.807, 2.05) is 23.0 Å². The summed E-state index contributed by atoms with van der Waals surface area (Å²) in [5.41, 5.74) is 0.923. The highest BCUT2D eigenvalue weighted by Gasteiger charge is 2.28. The summed E-state index contributed by atoms with van der Waals surface area (Å²) in [5.74, 6) is 0.964. The summed E-state index contributed by atoms with van der Waals surface area (Å²) in [5, 5.41) is 0. The quantitative estimate of drug-likeness (QED) is 0.804. The summed E-state index contributed by atoms with van der Waals surface area (Å²) in [6.07, 6.45) is 5.71. The second-order valence-electron chi connectivity index (χ2n) is 5.31. The first-order valence-corrected chi connectivity index (χ1v) is 7.31. The number of rotatable bonds is 1. The van der Waals surface area contributed by atoms with Gasteiger partial charge in [0, 0.05) is 43.8 Å². The van der Waals surface area contributed by atoms with E-state index >= 15 is 0 Å². The zero-order valence-corrected chi connectivity index (χ0v) is 13.0. The molecule has 19 heavy (non-hydrogen) atoms. The van der Waals surface area contributed by atoms with Crippen LogP contribution in [0.5, 0.6) is 0 Å². The lowest BCUT2D eigenvalue weighted by Crippen LogP contribution is -2.55. The van der Waals surface area contributed by atoms with Gasteiger partial charge in [0.25, 0.3) is 0 Å². The Morgan fingerprint density at radius 1 is 1.26 bits per heavy atom. The molecule has 2 unspecified atom stereocenters. The van der Waals surface area contributed by atoms with Crippen LogP contribution in [0.25, 0.3) is 5.65 Å². The third-order valence-electron chi connectivity index (χ3n) is 3.99. The van der Waals surface area contributed by atoms with Crippen LogP contribution in [-0.4, -0.2) is 51.5 Å². The number of piperazine rings is 1. The molecular weight excluding hydrogens is 306 g/mol. The van der Waals surface area contributed by atoms with Gasteiger partial charge in [0.05, 0.1) is 0 Å². The van der Waals surface area contributed by atoms with Crippen LogP contribution in [-0.2, 0) is 0 Å². The molecule has 1 aliphatic heterocycles. The Hall–Kier alpha value is -1.14. The average molecular weight is 324 g/mol. The molecule has 2 atom stereocenters. The maximum absolute atomic E-state index is 4.63. The van der Waals surface area contributed by atoms with Crippen molar-refractivity contribution in [2.24, 2.45) is 0 Å². The van der Waals surface area contributed by atoms with Crippen LogP contribution in [0.1, 0.15) is 13.8 Å².